The molecule has 136 valence electrons. The van der Waals surface area contributed by atoms with Crippen LogP contribution in [0.25, 0.3) is 0 Å². The van der Waals surface area contributed by atoms with Crippen molar-refractivity contribution in [2.75, 3.05) is 7.11 Å². The van der Waals surface area contributed by atoms with Crippen LogP contribution >= 0.6 is 0 Å². The maximum absolute atomic E-state index is 12.6. The SMILES string of the molecule is C=C1CCC(=O)/C=C/[C@]2(C(=O)OC)C(=O)CC[C@H]2CC/C=C(\C)CC1. The molecule has 1 fully saturated rings. The Labute approximate surface area is 150 Å². The number of rotatable bonds is 1. The zero-order valence-electron chi connectivity index (χ0n) is 15.3. The van der Waals surface area contributed by atoms with Gasteiger partial charge in [0.1, 0.15) is 5.41 Å². The topological polar surface area (TPSA) is 60.4 Å². The van der Waals surface area contributed by atoms with Crippen LogP contribution in [0.15, 0.2) is 36.0 Å². The van der Waals surface area contributed by atoms with E-state index in [0.29, 0.717) is 25.7 Å². The molecule has 4 nitrogen and oxygen atoms in total. The second-order valence-corrected chi connectivity index (χ2v) is 7.20. The van der Waals surface area contributed by atoms with Gasteiger partial charge in [-0.05, 0) is 57.4 Å². The molecule has 2 atom stereocenters. The number of ether oxygens (including phenoxy) is 1. The summed E-state index contributed by atoms with van der Waals surface area (Å²) >= 11 is 0. The highest BCUT2D eigenvalue weighted by molar-refractivity contribution is 6.08. The third-order valence-electron chi connectivity index (χ3n) is 5.49. The molecule has 0 amide bonds. The molecule has 0 aromatic carbocycles. The number of ketones is 2. The van der Waals surface area contributed by atoms with Crippen molar-refractivity contribution >= 4 is 17.5 Å². The highest BCUT2D eigenvalue weighted by Gasteiger charge is 2.54. The Bertz CT molecular complexity index is 626. The normalized spacial score (nSPS) is 32.3. The van der Waals surface area contributed by atoms with Crippen LogP contribution in [0.4, 0.5) is 0 Å². The minimum absolute atomic E-state index is 0.0767. The summed E-state index contributed by atoms with van der Waals surface area (Å²) in [6.45, 7) is 6.14. The zero-order chi connectivity index (χ0) is 18.4. The lowest BCUT2D eigenvalue weighted by molar-refractivity contribution is -0.155. The van der Waals surface area contributed by atoms with E-state index < -0.39 is 11.4 Å². The molecule has 0 N–H and O–H groups in total. The fourth-order valence-corrected chi connectivity index (χ4v) is 3.83. The lowest BCUT2D eigenvalue weighted by Crippen LogP contribution is -2.40. The Morgan fingerprint density at radius 2 is 1.88 bits per heavy atom. The zero-order valence-corrected chi connectivity index (χ0v) is 15.3. The van der Waals surface area contributed by atoms with Gasteiger partial charge < -0.3 is 4.74 Å². The largest absolute Gasteiger partial charge is 0.468 e. The van der Waals surface area contributed by atoms with Crippen LogP contribution in [0, 0.1) is 11.3 Å². The molecule has 2 aliphatic carbocycles. The summed E-state index contributed by atoms with van der Waals surface area (Å²) in [5.74, 6) is -0.863. The van der Waals surface area contributed by atoms with Gasteiger partial charge in [0, 0.05) is 12.8 Å². The molecular weight excluding hydrogens is 316 g/mol. The maximum atomic E-state index is 12.6. The first-order chi connectivity index (χ1) is 11.9. The van der Waals surface area contributed by atoms with Crippen LogP contribution in [-0.2, 0) is 19.1 Å². The molecule has 4 heteroatoms. The first kappa shape index (κ1) is 19.4. The van der Waals surface area contributed by atoms with Crippen molar-refractivity contribution in [3.63, 3.8) is 0 Å². The van der Waals surface area contributed by atoms with Crippen molar-refractivity contribution in [3.8, 4) is 0 Å². The predicted molar refractivity (Wildman–Crippen MR) is 96.9 cm³/mol. The first-order valence-electron chi connectivity index (χ1n) is 9.06. The number of esters is 1. The van der Waals surface area contributed by atoms with Crippen molar-refractivity contribution in [1.82, 2.24) is 0 Å². The number of carbonyl (C=O) groups excluding carboxylic acids is 3. The first-order valence-corrected chi connectivity index (χ1v) is 9.06. The summed E-state index contributed by atoms with van der Waals surface area (Å²) in [5.41, 5.74) is 1.05. The van der Waals surface area contributed by atoms with Crippen LogP contribution in [0.3, 0.4) is 0 Å². The number of allylic oxidation sites excluding steroid dienone is 4. The molecule has 0 heterocycles. The summed E-state index contributed by atoms with van der Waals surface area (Å²) in [7, 11) is 1.30. The Morgan fingerprint density at radius 1 is 1.16 bits per heavy atom. The van der Waals surface area contributed by atoms with Gasteiger partial charge in [0.2, 0.25) is 0 Å². The molecule has 0 spiro atoms. The third-order valence-corrected chi connectivity index (χ3v) is 5.49. The van der Waals surface area contributed by atoms with Gasteiger partial charge in [0.05, 0.1) is 7.11 Å². The fraction of sp³-hybridized carbons (Fsp3) is 0.571. The third kappa shape index (κ3) is 4.36. The Morgan fingerprint density at radius 3 is 2.60 bits per heavy atom. The smallest absolute Gasteiger partial charge is 0.323 e. The molecular formula is C21H28O4. The summed E-state index contributed by atoms with van der Waals surface area (Å²) in [4.78, 5) is 37.3. The number of hydrogen-bond acceptors (Lipinski definition) is 4. The molecule has 2 rings (SSSR count). The molecule has 25 heavy (non-hydrogen) atoms. The predicted octanol–water partition coefficient (Wildman–Crippen LogP) is 4.11. The average molecular weight is 344 g/mol. The number of carbonyl (C=O) groups is 3. The van der Waals surface area contributed by atoms with Gasteiger partial charge in [-0.3, -0.25) is 14.4 Å². The van der Waals surface area contributed by atoms with E-state index in [1.165, 1.54) is 24.8 Å². The number of methoxy groups -OCH3 is 1. The van der Waals surface area contributed by atoms with E-state index in [1.54, 1.807) is 0 Å². The van der Waals surface area contributed by atoms with Crippen molar-refractivity contribution < 1.29 is 19.1 Å². The summed E-state index contributed by atoms with van der Waals surface area (Å²) in [6.07, 6.45) is 10.5. The van der Waals surface area contributed by atoms with Crippen LogP contribution < -0.4 is 0 Å². The van der Waals surface area contributed by atoms with Crippen molar-refractivity contribution in [2.24, 2.45) is 11.3 Å². The molecule has 2 aliphatic rings. The van der Waals surface area contributed by atoms with E-state index in [-0.39, 0.29) is 17.5 Å². The summed E-state index contributed by atoms with van der Waals surface area (Å²) in [6, 6.07) is 0. The molecule has 0 aliphatic heterocycles. The Hall–Kier alpha value is -1.97. The van der Waals surface area contributed by atoms with Crippen LogP contribution in [0.2, 0.25) is 0 Å². The second kappa shape index (κ2) is 8.41. The lowest BCUT2D eigenvalue weighted by Gasteiger charge is -2.28. The summed E-state index contributed by atoms with van der Waals surface area (Å²) < 4.78 is 4.96. The average Bonchev–Trinajstić information content (AvgIpc) is 2.91. The van der Waals surface area contributed by atoms with Crippen LogP contribution in [0.1, 0.15) is 58.3 Å². The van der Waals surface area contributed by atoms with Gasteiger partial charge in [-0.25, -0.2) is 0 Å². The van der Waals surface area contributed by atoms with Gasteiger partial charge in [0.15, 0.2) is 11.6 Å². The number of hydrogen-bond donors (Lipinski definition) is 0. The second-order valence-electron chi connectivity index (χ2n) is 7.20. The maximum Gasteiger partial charge on any atom is 0.323 e. The molecule has 0 aromatic heterocycles. The quantitative estimate of drug-likeness (QED) is 0.408. The molecule has 0 aromatic rings. The molecule has 1 saturated carbocycles. The van der Waals surface area contributed by atoms with Gasteiger partial charge in [-0.15, -0.1) is 0 Å². The molecule has 0 bridgehead atoms. The highest BCUT2D eigenvalue weighted by atomic mass is 16.5. The molecule has 0 radical (unpaired) electrons. The minimum atomic E-state index is -1.30. The van der Waals surface area contributed by atoms with Crippen molar-refractivity contribution in [3.05, 3.63) is 36.0 Å². The van der Waals surface area contributed by atoms with Crippen LogP contribution in [-0.4, -0.2) is 24.6 Å². The van der Waals surface area contributed by atoms with Gasteiger partial charge >= 0.3 is 5.97 Å². The van der Waals surface area contributed by atoms with E-state index in [1.807, 2.05) is 0 Å². The molecule has 0 saturated heterocycles. The van der Waals surface area contributed by atoms with E-state index in [4.69, 9.17) is 4.74 Å². The Kier molecular flexibility index (Phi) is 6.51. The van der Waals surface area contributed by atoms with E-state index in [0.717, 1.165) is 31.3 Å². The van der Waals surface area contributed by atoms with Gasteiger partial charge in [-0.1, -0.05) is 29.9 Å². The van der Waals surface area contributed by atoms with E-state index in [9.17, 15) is 14.4 Å². The summed E-state index contributed by atoms with van der Waals surface area (Å²) in [5, 5.41) is 0. The number of fused-ring (bicyclic) bond motifs is 1. The standard InChI is InChI=1S/C21H28O4/c1-15-5-4-6-17-10-12-19(23)21(17,20(24)25-3)14-13-18(22)11-9-16(2)8-7-15/h5,13-14,17H,2,4,6-12H2,1,3H3/b14-13+,15-5+/t17-,21-/m1/s1. The van der Waals surface area contributed by atoms with Gasteiger partial charge in [-0.2, -0.15) is 0 Å². The van der Waals surface area contributed by atoms with Gasteiger partial charge in [0.25, 0.3) is 0 Å². The van der Waals surface area contributed by atoms with E-state index >= 15 is 0 Å². The van der Waals surface area contributed by atoms with E-state index in [2.05, 4.69) is 19.6 Å². The van der Waals surface area contributed by atoms with Crippen molar-refractivity contribution in [1.29, 1.82) is 0 Å². The highest BCUT2D eigenvalue weighted by Crippen LogP contribution is 2.45. The fourth-order valence-electron chi connectivity index (χ4n) is 3.83. The minimum Gasteiger partial charge on any atom is -0.468 e. The Balaban J connectivity index is 2.36. The lowest BCUT2D eigenvalue weighted by atomic mass is 9.74. The monoisotopic (exact) mass is 344 g/mol. The van der Waals surface area contributed by atoms with Crippen LogP contribution in [0.5, 0.6) is 0 Å². The molecule has 0 unspecified atom stereocenters. The number of Topliss-reactive ketones (excluding diaryl/α,β-unsaturated/α-hetero) is 1. The van der Waals surface area contributed by atoms with Crippen molar-refractivity contribution in [2.45, 2.75) is 58.3 Å².